The highest BCUT2D eigenvalue weighted by Gasteiger charge is 2.07. The predicted octanol–water partition coefficient (Wildman–Crippen LogP) is 7.44. The van der Waals surface area contributed by atoms with E-state index in [4.69, 9.17) is 27.9 Å². The SMILES string of the molecule is CCCCCCCCNCc1cc(Cl)ccc1OCc1ccccc1Cl.Cl. The van der Waals surface area contributed by atoms with E-state index in [0.717, 1.165) is 40.0 Å². The number of halogens is 3. The molecule has 150 valence electrons. The Kier molecular flexibility index (Phi) is 12.6. The van der Waals surface area contributed by atoms with E-state index in [1.165, 1.54) is 38.5 Å². The maximum Gasteiger partial charge on any atom is 0.124 e. The van der Waals surface area contributed by atoms with Crippen molar-refractivity contribution < 1.29 is 4.74 Å². The highest BCUT2D eigenvalue weighted by atomic mass is 35.5. The summed E-state index contributed by atoms with van der Waals surface area (Å²) in [6, 6.07) is 13.5. The third kappa shape index (κ3) is 9.21. The van der Waals surface area contributed by atoms with Crippen molar-refractivity contribution in [3.8, 4) is 5.75 Å². The van der Waals surface area contributed by atoms with Crippen LogP contribution in [0.15, 0.2) is 42.5 Å². The minimum Gasteiger partial charge on any atom is -0.489 e. The molecule has 5 heteroatoms. The molecule has 0 unspecified atom stereocenters. The molecule has 0 aliphatic heterocycles. The van der Waals surface area contributed by atoms with Crippen LogP contribution < -0.4 is 10.1 Å². The summed E-state index contributed by atoms with van der Waals surface area (Å²) in [6.07, 6.45) is 7.83. The molecule has 0 aromatic heterocycles. The fourth-order valence-corrected chi connectivity index (χ4v) is 3.24. The summed E-state index contributed by atoms with van der Waals surface area (Å²) in [5.41, 5.74) is 2.06. The van der Waals surface area contributed by atoms with Crippen molar-refractivity contribution in [2.75, 3.05) is 6.54 Å². The van der Waals surface area contributed by atoms with E-state index in [1.54, 1.807) is 0 Å². The van der Waals surface area contributed by atoms with Crippen LogP contribution >= 0.6 is 35.6 Å². The highest BCUT2D eigenvalue weighted by molar-refractivity contribution is 6.31. The maximum atomic E-state index is 6.21. The maximum absolute atomic E-state index is 6.21. The normalized spacial score (nSPS) is 10.5. The lowest BCUT2D eigenvalue weighted by Gasteiger charge is -2.13. The number of benzene rings is 2. The number of ether oxygens (including phenoxy) is 1. The van der Waals surface area contributed by atoms with Crippen LogP contribution in [0, 0.1) is 0 Å². The van der Waals surface area contributed by atoms with Gasteiger partial charge in [-0.15, -0.1) is 12.4 Å². The van der Waals surface area contributed by atoms with Gasteiger partial charge in [-0.05, 0) is 37.2 Å². The molecule has 0 radical (unpaired) electrons. The molecule has 1 N–H and O–H groups in total. The van der Waals surface area contributed by atoms with Gasteiger partial charge in [-0.3, -0.25) is 0 Å². The molecule has 0 fully saturated rings. The van der Waals surface area contributed by atoms with Gasteiger partial charge in [0.15, 0.2) is 0 Å². The molecule has 0 atom stereocenters. The average molecular weight is 431 g/mol. The number of rotatable bonds is 12. The van der Waals surface area contributed by atoms with Gasteiger partial charge in [-0.2, -0.15) is 0 Å². The lowest BCUT2D eigenvalue weighted by molar-refractivity contribution is 0.302. The predicted molar refractivity (Wildman–Crippen MR) is 120 cm³/mol. The van der Waals surface area contributed by atoms with Crippen molar-refractivity contribution in [1.82, 2.24) is 5.32 Å². The van der Waals surface area contributed by atoms with Gasteiger partial charge in [0.25, 0.3) is 0 Å². The van der Waals surface area contributed by atoms with Crippen molar-refractivity contribution in [3.63, 3.8) is 0 Å². The Hall–Kier alpha value is -0.930. The molecule has 0 saturated carbocycles. The van der Waals surface area contributed by atoms with Gasteiger partial charge in [-0.25, -0.2) is 0 Å². The van der Waals surface area contributed by atoms with Crippen molar-refractivity contribution in [2.45, 2.75) is 58.6 Å². The van der Waals surface area contributed by atoms with Gasteiger partial charge in [0, 0.05) is 27.7 Å². The topological polar surface area (TPSA) is 21.3 Å². The second-order valence-electron chi connectivity index (χ2n) is 6.58. The number of hydrogen-bond donors (Lipinski definition) is 1. The second kappa shape index (κ2) is 14.1. The quantitative estimate of drug-likeness (QED) is 0.353. The zero-order chi connectivity index (χ0) is 18.6. The van der Waals surface area contributed by atoms with Gasteiger partial charge in [0.1, 0.15) is 12.4 Å². The standard InChI is InChI=1S/C22H29Cl2NO.ClH/c1-2-3-4-5-6-9-14-25-16-19-15-20(23)12-13-22(19)26-17-18-10-7-8-11-21(18)24;/h7-8,10-13,15,25H,2-6,9,14,16-17H2,1H3;1H. The van der Waals surface area contributed by atoms with E-state index in [0.29, 0.717) is 6.61 Å². The Balaban J connectivity index is 0.00000364. The Bertz CT molecular complexity index is 664. The monoisotopic (exact) mass is 429 g/mol. The van der Waals surface area contributed by atoms with Crippen LogP contribution in [-0.2, 0) is 13.2 Å². The average Bonchev–Trinajstić information content (AvgIpc) is 2.64. The van der Waals surface area contributed by atoms with Gasteiger partial charge in [-0.1, -0.05) is 80.4 Å². The van der Waals surface area contributed by atoms with E-state index >= 15 is 0 Å². The van der Waals surface area contributed by atoms with Crippen molar-refractivity contribution in [3.05, 3.63) is 63.6 Å². The van der Waals surface area contributed by atoms with Crippen LogP contribution in [-0.4, -0.2) is 6.54 Å². The molecule has 27 heavy (non-hydrogen) atoms. The summed E-state index contributed by atoms with van der Waals surface area (Å²) in [4.78, 5) is 0. The molecule has 0 aliphatic rings. The van der Waals surface area contributed by atoms with Crippen LogP contribution in [0.25, 0.3) is 0 Å². The molecular weight excluding hydrogens is 401 g/mol. The summed E-state index contributed by atoms with van der Waals surface area (Å²) in [5.74, 6) is 0.852. The van der Waals surface area contributed by atoms with Crippen molar-refractivity contribution in [1.29, 1.82) is 0 Å². The molecule has 0 aliphatic carbocycles. The molecule has 0 saturated heterocycles. The molecule has 0 spiro atoms. The minimum absolute atomic E-state index is 0. The third-order valence-electron chi connectivity index (χ3n) is 4.39. The first kappa shape index (κ1) is 24.1. The highest BCUT2D eigenvalue weighted by Crippen LogP contribution is 2.25. The second-order valence-corrected chi connectivity index (χ2v) is 7.42. The number of hydrogen-bond acceptors (Lipinski definition) is 2. The zero-order valence-electron chi connectivity index (χ0n) is 16.0. The summed E-state index contributed by atoms with van der Waals surface area (Å²) < 4.78 is 6.00. The first-order chi connectivity index (χ1) is 12.7. The van der Waals surface area contributed by atoms with E-state index in [-0.39, 0.29) is 12.4 Å². The lowest BCUT2D eigenvalue weighted by atomic mass is 10.1. The minimum atomic E-state index is 0. The lowest BCUT2D eigenvalue weighted by Crippen LogP contribution is -2.15. The Labute approximate surface area is 180 Å². The zero-order valence-corrected chi connectivity index (χ0v) is 18.3. The third-order valence-corrected chi connectivity index (χ3v) is 4.99. The molecule has 0 bridgehead atoms. The molecule has 2 aromatic carbocycles. The molecule has 2 rings (SSSR count). The van der Waals surface area contributed by atoms with E-state index < -0.39 is 0 Å². The van der Waals surface area contributed by atoms with Crippen molar-refractivity contribution in [2.24, 2.45) is 0 Å². The van der Waals surface area contributed by atoms with Gasteiger partial charge >= 0.3 is 0 Å². The van der Waals surface area contributed by atoms with Gasteiger partial charge in [0.05, 0.1) is 0 Å². The number of nitrogens with one attached hydrogen (secondary N) is 1. The molecule has 2 aromatic rings. The summed E-state index contributed by atoms with van der Waals surface area (Å²) >= 11 is 12.4. The van der Waals surface area contributed by atoms with Crippen LogP contribution in [0.2, 0.25) is 10.0 Å². The molecule has 0 heterocycles. The van der Waals surface area contributed by atoms with Crippen LogP contribution in [0.1, 0.15) is 56.6 Å². The van der Waals surface area contributed by atoms with Crippen LogP contribution in [0.4, 0.5) is 0 Å². The van der Waals surface area contributed by atoms with Crippen molar-refractivity contribution >= 4 is 35.6 Å². The fraction of sp³-hybridized carbons (Fsp3) is 0.455. The van der Waals surface area contributed by atoms with E-state index in [2.05, 4.69) is 12.2 Å². The summed E-state index contributed by atoms with van der Waals surface area (Å²) in [6.45, 7) is 4.47. The summed E-state index contributed by atoms with van der Waals surface area (Å²) in [7, 11) is 0. The molecule has 2 nitrogen and oxygen atoms in total. The Morgan fingerprint density at radius 3 is 2.41 bits per heavy atom. The largest absolute Gasteiger partial charge is 0.489 e. The van der Waals surface area contributed by atoms with E-state index in [9.17, 15) is 0 Å². The Morgan fingerprint density at radius 2 is 1.63 bits per heavy atom. The smallest absolute Gasteiger partial charge is 0.124 e. The molecular formula is C22H30Cl3NO. The van der Waals surface area contributed by atoms with Gasteiger partial charge < -0.3 is 10.1 Å². The van der Waals surface area contributed by atoms with Crippen LogP contribution in [0.5, 0.6) is 5.75 Å². The summed E-state index contributed by atoms with van der Waals surface area (Å²) in [5, 5.41) is 4.96. The first-order valence-corrected chi connectivity index (χ1v) is 10.3. The first-order valence-electron chi connectivity index (χ1n) is 9.56. The number of unbranched alkanes of at least 4 members (excludes halogenated alkanes) is 5. The van der Waals surface area contributed by atoms with Gasteiger partial charge in [0.2, 0.25) is 0 Å². The molecule has 0 amide bonds. The fourth-order valence-electron chi connectivity index (χ4n) is 2.85. The van der Waals surface area contributed by atoms with Crippen LogP contribution in [0.3, 0.4) is 0 Å². The van der Waals surface area contributed by atoms with E-state index in [1.807, 2.05) is 42.5 Å². The Morgan fingerprint density at radius 1 is 0.889 bits per heavy atom.